The van der Waals surface area contributed by atoms with Crippen LogP contribution in [0.15, 0.2) is 48.0 Å². The molecule has 1 saturated heterocycles. The van der Waals surface area contributed by atoms with Gasteiger partial charge in [0.05, 0.1) is 26.5 Å². The van der Waals surface area contributed by atoms with Crippen LogP contribution in [-0.4, -0.2) is 38.7 Å². The van der Waals surface area contributed by atoms with Crippen molar-refractivity contribution in [3.05, 3.63) is 53.6 Å². The molecule has 1 fully saturated rings. The van der Waals surface area contributed by atoms with Crippen molar-refractivity contribution in [2.45, 2.75) is 45.4 Å². The number of anilines is 1. The quantitative estimate of drug-likeness (QED) is 0.258. The van der Waals surface area contributed by atoms with Crippen LogP contribution < -0.4 is 24.4 Å². The zero-order valence-corrected chi connectivity index (χ0v) is 20.5. The maximum absolute atomic E-state index is 13.1. The minimum atomic E-state index is -0.807. The first-order valence-corrected chi connectivity index (χ1v) is 11.8. The summed E-state index contributed by atoms with van der Waals surface area (Å²) in [5.41, 5.74) is 0.724. The molecule has 0 atom stereocenters. The van der Waals surface area contributed by atoms with Crippen LogP contribution in [0.5, 0.6) is 17.2 Å². The van der Waals surface area contributed by atoms with Crippen molar-refractivity contribution in [1.29, 1.82) is 0 Å². The Morgan fingerprint density at radius 2 is 1.57 bits per heavy atom. The average Bonchev–Trinajstić information content (AvgIpc) is 2.86. The highest BCUT2D eigenvalue weighted by atomic mass is 16.5. The first kappa shape index (κ1) is 25.8. The Bertz CT molecular complexity index is 1080. The summed E-state index contributed by atoms with van der Waals surface area (Å²) in [6, 6.07) is 10.8. The number of amides is 4. The molecule has 0 radical (unpaired) electrons. The van der Waals surface area contributed by atoms with Gasteiger partial charge in [-0.3, -0.25) is 14.9 Å². The highest BCUT2D eigenvalue weighted by molar-refractivity contribution is 6.39. The van der Waals surface area contributed by atoms with Crippen molar-refractivity contribution in [1.82, 2.24) is 5.32 Å². The molecule has 0 aliphatic carbocycles. The lowest BCUT2D eigenvalue weighted by atomic mass is 10.1. The normalized spacial score (nSPS) is 14.8. The zero-order valence-electron chi connectivity index (χ0n) is 20.5. The molecule has 3 rings (SSSR count). The Balaban J connectivity index is 1.73. The molecule has 8 heteroatoms. The van der Waals surface area contributed by atoms with Crippen LogP contribution in [-0.2, 0) is 9.59 Å². The SMILES string of the molecule is CCCCCCCCOc1ccc(/C=C2\C(=O)NC(=O)N(c3ccc(OC)cc3)C2=O)cc1OC. The highest BCUT2D eigenvalue weighted by Gasteiger charge is 2.36. The van der Waals surface area contributed by atoms with Crippen molar-refractivity contribution in [3.8, 4) is 17.2 Å². The van der Waals surface area contributed by atoms with Crippen molar-refractivity contribution in [2.75, 3.05) is 25.7 Å². The lowest BCUT2D eigenvalue weighted by Gasteiger charge is -2.26. The van der Waals surface area contributed by atoms with E-state index in [9.17, 15) is 14.4 Å². The van der Waals surface area contributed by atoms with Crippen LogP contribution >= 0.6 is 0 Å². The molecule has 1 aliphatic heterocycles. The van der Waals surface area contributed by atoms with Crippen LogP contribution in [0.3, 0.4) is 0 Å². The third-order valence-corrected chi connectivity index (χ3v) is 5.69. The second-order valence-corrected chi connectivity index (χ2v) is 8.18. The van der Waals surface area contributed by atoms with E-state index in [1.807, 2.05) is 0 Å². The molecule has 35 heavy (non-hydrogen) atoms. The Labute approximate surface area is 205 Å². The van der Waals surface area contributed by atoms with Gasteiger partial charge in [-0.1, -0.05) is 45.1 Å². The molecule has 4 amide bonds. The van der Waals surface area contributed by atoms with Crippen molar-refractivity contribution in [3.63, 3.8) is 0 Å². The molecule has 1 heterocycles. The summed E-state index contributed by atoms with van der Waals surface area (Å²) < 4.78 is 16.4. The molecule has 2 aromatic carbocycles. The number of unbranched alkanes of at least 4 members (excludes halogenated alkanes) is 5. The van der Waals surface area contributed by atoms with Gasteiger partial charge in [0.25, 0.3) is 11.8 Å². The number of imide groups is 2. The topological polar surface area (TPSA) is 94.2 Å². The van der Waals surface area contributed by atoms with E-state index < -0.39 is 17.8 Å². The predicted molar refractivity (Wildman–Crippen MR) is 134 cm³/mol. The third-order valence-electron chi connectivity index (χ3n) is 5.69. The van der Waals surface area contributed by atoms with E-state index in [2.05, 4.69) is 12.2 Å². The van der Waals surface area contributed by atoms with E-state index in [0.717, 1.165) is 17.7 Å². The molecular formula is C27H32N2O6. The number of rotatable bonds is 12. The van der Waals surface area contributed by atoms with Crippen LogP contribution in [0, 0.1) is 0 Å². The molecule has 2 aromatic rings. The maximum atomic E-state index is 13.1. The molecule has 1 aliphatic rings. The van der Waals surface area contributed by atoms with Gasteiger partial charge in [0.15, 0.2) is 11.5 Å². The molecule has 8 nitrogen and oxygen atoms in total. The largest absolute Gasteiger partial charge is 0.497 e. The van der Waals surface area contributed by atoms with Crippen molar-refractivity contribution in [2.24, 2.45) is 0 Å². The van der Waals surface area contributed by atoms with Crippen LogP contribution in [0.2, 0.25) is 0 Å². The van der Waals surface area contributed by atoms with E-state index in [1.165, 1.54) is 46.0 Å². The summed E-state index contributed by atoms with van der Waals surface area (Å²) in [6.45, 7) is 2.78. The van der Waals surface area contributed by atoms with Crippen molar-refractivity contribution >= 4 is 29.6 Å². The Hall–Kier alpha value is -3.81. The minimum Gasteiger partial charge on any atom is -0.497 e. The van der Waals surface area contributed by atoms with Gasteiger partial charge >= 0.3 is 6.03 Å². The number of nitrogens with zero attached hydrogens (tertiary/aromatic N) is 1. The number of benzene rings is 2. The first-order chi connectivity index (χ1) is 17.0. The number of hydrogen-bond acceptors (Lipinski definition) is 6. The van der Waals surface area contributed by atoms with Gasteiger partial charge in [0, 0.05) is 0 Å². The number of nitrogens with one attached hydrogen (secondary N) is 1. The fourth-order valence-corrected chi connectivity index (χ4v) is 3.75. The monoisotopic (exact) mass is 480 g/mol. The Morgan fingerprint density at radius 3 is 2.26 bits per heavy atom. The smallest absolute Gasteiger partial charge is 0.335 e. The molecule has 0 bridgehead atoms. The summed E-state index contributed by atoms with van der Waals surface area (Å²) in [6.07, 6.45) is 8.44. The molecule has 1 N–H and O–H groups in total. The van der Waals surface area contributed by atoms with Crippen molar-refractivity contribution < 1.29 is 28.6 Å². The highest BCUT2D eigenvalue weighted by Crippen LogP contribution is 2.30. The Kier molecular flexibility index (Phi) is 9.29. The standard InChI is InChI=1S/C27H32N2O6/c1-4-5-6-7-8-9-16-35-23-15-10-19(18-24(23)34-3)17-22-25(30)28-27(32)29(26(22)31)20-11-13-21(33-2)14-12-20/h10-15,17-18H,4-9,16H2,1-3H3,(H,28,30,32)/b22-17+. The summed E-state index contributed by atoms with van der Waals surface area (Å²) in [7, 11) is 3.05. The first-order valence-electron chi connectivity index (χ1n) is 11.8. The summed E-state index contributed by atoms with van der Waals surface area (Å²) >= 11 is 0. The Morgan fingerprint density at radius 1 is 0.857 bits per heavy atom. The molecule has 0 spiro atoms. The number of barbiturate groups is 1. The summed E-state index contributed by atoms with van der Waals surface area (Å²) in [5, 5.41) is 2.22. The number of carbonyl (C=O) groups is 3. The number of urea groups is 1. The lowest BCUT2D eigenvalue weighted by Crippen LogP contribution is -2.54. The third kappa shape index (κ3) is 6.62. The summed E-state index contributed by atoms with van der Waals surface area (Å²) in [5.74, 6) is 0.199. The zero-order chi connectivity index (χ0) is 25.2. The molecule has 0 aromatic heterocycles. The lowest BCUT2D eigenvalue weighted by molar-refractivity contribution is -0.122. The molecule has 186 valence electrons. The van der Waals surface area contributed by atoms with Gasteiger partial charge in [-0.25, -0.2) is 9.69 Å². The van der Waals surface area contributed by atoms with E-state index in [-0.39, 0.29) is 5.57 Å². The number of methoxy groups -OCH3 is 2. The summed E-state index contributed by atoms with van der Waals surface area (Å²) in [4.78, 5) is 38.9. The number of ether oxygens (including phenoxy) is 3. The van der Waals surface area contributed by atoms with Gasteiger partial charge in [0.1, 0.15) is 11.3 Å². The van der Waals surface area contributed by atoms with Gasteiger partial charge in [0.2, 0.25) is 0 Å². The second-order valence-electron chi connectivity index (χ2n) is 8.18. The van der Waals surface area contributed by atoms with Crippen LogP contribution in [0.4, 0.5) is 10.5 Å². The fraction of sp³-hybridized carbons (Fsp3) is 0.370. The van der Waals surface area contributed by atoms with E-state index in [4.69, 9.17) is 14.2 Å². The van der Waals surface area contributed by atoms with E-state index in [0.29, 0.717) is 35.1 Å². The minimum absolute atomic E-state index is 0.164. The van der Waals surface area contributed by atoms with Gasteiger partial charge in [-0.05, 0) is 54.5 Å². The second kappa shape index (κ2) is 12.6. The fourth-order valence-electron chi connectivity index (χ4n) is 3.75. The van der Waals surface area contributed by atoms with Crippen LogP contribution in [0.1, 0.15) is 51.0 Å². The van der Waals surface area contributed by atoms with Crippen LogP contribution in [0.25, 0.3) is 6.08 Å². The molecule has 0 saturated carbocycles. The van der Waals surface area contributed by atoms with Gasteiger partial charge < -0.3 is 14.2 Å². The number of hydrogen-bond donors (Lipinski definition) is 1. The maximum Gasteiger partial charge on any atom is 0.335 e. The van der Waals surface area contributed by atoms with Gasteiger partial charge in [-0.2, -0.15) is 0 Å². The average molecular weight is 481 g/mol. The van der Waals surface area contributed by atoms with Gasteiger partial charge in [-0.15, -0.1) is 0 Å². The van der Waals surface area contributed by atoms with E-state index in [1.54, 1.807) is 42.5 Å². The molecule has 0 unspecified atom stereocenters. The predicted octanol–water partition coefficient (Wildman–Crippen LogP) is 5.11. The molecular weight excluding hydrogens is 448 g/mol. The number of carbonyl (C=O) groups excluding carboxylic acids is 3. The van der Waals surface area contributed by atoms with E-state index >= 15 is 0 Å².